The van der Waals surface area contributed by atoms with Crippen molar-refractivity contribution in [1.82, 2.24) is 10.6 Å². The van der Waals surface area contributed by atoms with E-state index in [-0.39, 0.29) is 31.0 Å². The molecule has 3 rings (SSSR count). The van der Waals surface area contributed by atoms with Crippen LogP contribution in [0.4, 0.5) is 0 Å². The minimum atomic E-state index is -0.318. The van der Waals surface area contributed by atoms with Gasteiger partial charge in [-0.15, -0.1) is 0 Å². The zero-order chi connectivity index (χ0) is 17.5. The van der Waals surface area contributed by atoms with E-state index in [4.69, 9.17) is 4.74 Å². The number of benzene rings is 2. The highest BCUT2D eigenvalue weighted by molar-refractivity contribution is 5.85. The van der Waals surface area contributed by atoms with Crippen molar-refractivity contribution in [2.45, 2.75) is 18.9 Å². The van der Waals surface area contributed by atoms with Gasteiger partial charge in [0.15, 0.2) is 6.61 Å². The molecule has 0 aliphatic heterocycles. The zero-order valence-corrected chi connectivity index (χ0v) is 14.0. The fraction of sp³-hybridized carbons (Fsp3) is 0.300. The maximum absolute atomic E-state index is 12.2. The lowest BCUT2D eigenvalue weighted by atomic mass is 10.0. The summed E-state index contributed by atoms with van der Waals surface area (Å²) in [7, 11) is 0. The average Bonchev–Trinajstić information content (AvgIpc) is 3.49. The molecule has 25 heavy (non-hydrogen) atoms. The molecule has 2 amide bonds. The highest BCUT2D eigenvalue weighted by Gasteiger charge is 2.33. The first-order valence-electron chi connectivity index (χ1n) is 8.51. The molecule has 1 unspecified atom stereocenters. The van der Waals surface area contributed by atoms with Gasteiger partial charge >= 0.3 is 0 Å². The standard InChI is InChI=1S/C20H22N2O3/c23-18(13-21-19(24)14-25-17-9-5-2-6-10-17)22-20(16-11-12-16)15-7-3-1-4-8-15/h1-10,16,20H,11-14H2,(H,21,24)(H,22,23). The normalized spacial score (nSPS) is 14.4. The molecule has 0 heterocycles. The summed E-state index contributed by atoms with van der Waals surface area (Å²) in [5.74, 6) is 0.610. The quantitative estimate of drug-likeness (QED) is 0.777. The molecule has 5 nitrogen and oxygen atoms in total. The molecule has 0 saturated heterocycles. The maximum Gasteiger partial charge on any atom is 0.258 e. The summed E-state index contributed by atoms with van der Waals surface area (Å²) in [5.41, 5.74) is 1.11. The van der Waals surface area contributed by atoms with Gasteiger partial charge in [0, 0.05) is 0 Å². The fourth-order valence-corrected chi connectivity index (χ4v) is 2.68. The van der Waals surface area contributed by atoms with E-state index < -0.39 is 0 Å². The van der Waals surface area contributed by atoms with Gasteiger partial charge in [-0.2, -0.15) is 0 Å². The highest BCUT2D eigenvalue weighted by atomic mass is 16.5. The van der Waals surface area contributed by atoms with E-state index in [0.29, 0.717) is 11.7 Å². The number of rotatable bonds is 8. The Morgan fingerprint density at radius 2 is 1.60 bits per heavy atom. The Hall–Kier alpha value is -2.82. The molecule has 1 fully saturated rings. The van der Waals surface area contributed by atoms with Crippen LogP contribution in [-0.2, 0) is 9.59 Å². The molecular formula is C20H22N2O3. The molecule has 0 bridgehead atoms. The molecule has 0 spiro atoms. The van der Waals surface area contributed by atoms with Gasteiger partial charge in [0.25, 0.3) is 5.91 Å². The molecule has 1 aliphatic carbocycles. The van der Waals surface area contributed by atoms with Gasteiger partial charge in [-0.25, -0.2) is 0 Å². The third-order valence-electron chi connectivity index (χ3n) is 4.13. The van der Waals surface area contributed by atoms with E-state index in [1.54, 1.807) is 12.1 Å². The van der Waals surface area contributed by atoms with Crippen LogP contribution in [0.15, 0.2) is 60.7 Å². The number of carbonyl (C=O) groups excluding carboxylic acids is 2. The predicted octanol–water partition coefficient (Wildman–Crippen LogP) is 2.45. The number of para-hydroxylation sites is 1. The molecule has 0 aromatic heterocycles. The molecule has 130 valence electrons. The van der Waals surface area contributed by atoms with Crippen molar-refractivity contribution < 1.29 is 14.3 Å². The van der Waals surface area contributed by atoms with Crippen LogP contribution in [0.3, 0.4) is 0 Å². The third kappa shape index (κ3) is 5.35. The van der Waals surface area contributed by atoms with Crippen molar-refractivity contribution in [2.24, 2.45) is 5.92 Å². The average molecular weight is 338 g/mol. The van der Waals surface area contributed by atoms with E-state index in [9.17, 15) is 9.59 Å². The molecule has 0 radical (unpaired) electrons. The minimum Gasteiger partial charge on any atom is -0.484 e. The predicted molar refractivity (Wildman–Crippen MR) is 95.0 cm³/mol. The topological polar surface area (TPSA) is 67.4 Å². The molecule has 1 atom stereocenters. The summed E-state index contributed by atoms with van der Waals surface area (Å²) < 4.78 is 5.35. The first-order valence-corrected chi connectivity index (χ1v) is 8.51. The zero-order valence-electron chi connectivity index (χ0n) is 14.0. The molecule has 1 saturated carbocycles. The van der Waals surface area contributed by atoms with Crippen molar-refractivity contribution in [2.75, 3.05) is 13.2 Å². The Kier molecular flexibility index (Phi) is 5.67. The molecule has 2 aromatic rings. The molecular weight excluding hydrogens is 316 g/mol. The second kappa shape index (κ2) is 8.33. The lowest BCUT2D eigenvalue weighted by molar-refractivity contribution is -0.127. The Bertz CT molecular complexity index is 699. The van der Waals surface area contributed by atoms with Crippen LogP contribution in [0.25, 0.3) is 0 Å². The minimum absolute atomic E-state index is 0.0196. The maximum atomic E-state index is 12.2. The smallest absolute Gasteiger partial charge is 0.258 e. The Balaban J connectivity index is 1.43. The van der Waals surface area contributed by atoms with Gasteiger partial charge in [-0.1, -0.05) is 48.5 Å². The van der Waals surface area contributed by atoms with Crippen LogP contribution in [0.2, 0.25) is 0 Å². The van der Waals surface area contributed by atoms with Crippen LogP contribution >= 0.6 is 0 Å². The van der Waals surface area contributed by atoms with Crippen molar-refractivity contribution in [1.29, 1.82) is 0 Å². The summed E-state index contributed by atoms with van der Waals surface area (Å²) in [5, 5.41) is 5.62. The fourth-order valence-electron chi connectivity index (χ4n) is 2.68. The summed E-state index contributed by atoms with van der Waals surface area (Å²) in [4.78, 5) is 24.0. The second-order valence-electron chi connectivity index (χ2n) is 6.17. The third-order valence-corrected chi connectivity index (χ3v) is 4.13. The van der Waals surface area contributed by atoms with E-state index in [1.807, 2.05) is 48.5 Å². The lowest BCUT2D eigenvalue weighted by Crippen LogP contribution is -2.40. The van der Waals surface area contributed by atoms with Gasteiger partial charge in [-0.3, -0.25) is 9.59 Å². The summed E-state index contributed by atoms with van der Waals surface area (Å²) >= 11 is 0. The van der Waals surface area contributed by atoms with Crippen molar-refractivity contribution >= 4 is 11.8 Å². The van der Waals surface area contributed by atoms with Gasteiger partial charge in [0.2, 0.25) is 5.91 Å². The Labute approximate surface area is 147 Å². The largest absolute Gasteiger partial charge is 0.484 e. The monoisotopic (exact) mass is 338 g/mol. The van der Waals surface area contributed by atoms with Crippen LogP contribution in [-0.4, -0.2) is 25.0 Å². The highest BCUT2D eigenvalue weighted by Crippen LogP contribution is 2.40. The molecule has 2 N–H and O–H groups in total. The summed E-state index contributed by atoms with van der Waals surface area (Å²) in [6.45, 7) is -0.158. The second-order valence-corrected chi connectivity index (χ2v) is 6.17. The number of ether oxygens (including phenoxy) is 1. The van der Waals surface area contributed by atoms with Crippen LogP contribution in [0, 0.1) is 5.92 Å². The van der Waals surface area contributed by atoms with Crippen molar-refractivity contribution in [3.8, 4) is 5.75 Å². The summed E-state index contributed by atoms with van der Waals surface area (Å²) in [6, 6.07) is 19.1. The number of nitrogens with one attached hydrogen (secondary N) is 2. The summed E-state index contributed by atoms with van der Waals surface area (Å²) in [6.07, 6.45) is 2.24. The molecule has 5 heteroatoms. The van der Waals surface area contributed by atoms with Gasteiger partial charge in [0.05, 0.1) is 12.6 Å². The number of carbonyl (C=O) groups is 2. The molecule has 2 aromatic carbocycles. The number of hydrogen-bond donors (Lipinski definition) is 2. The molecule has 1 aliphatic rings. The van der Waals surface area contributed by atoms with Crippen molar-refractivity contribution in [3.63, 3.8) is 0 Å². The van der Waals surface area contributed by atoms with Crippen LogP contribution in [0.5, 0.6) is 5.75 Å². The Morgan fingerprint density at radius 1 is 0.960 bits per heavy atom. The first-order chi connectivity index (χ1) is 12.2. The Morgan fingerprint density at radius 3 is 2.24 bits per heavy atom. The van der Waals surface area contributed by atoms with E-state index in [1.165, 1.54) is 0 Å². The van der Waals surface area contributed by atoms with E-state index in [2.05, 4.69) is 10.6 Å². The van der Waals surface area contributed by atoms with Gasteiger partial charge in [-0.05, 0) is 36.5 Å². The van der Waals surface area contributed by atoms with Crippen LogP contribution in [0.1, 0.15) is 24.4 Å². The SMILES string of the molecule is O=C(COc1ccccc1)NCC(=O)NC(c1ccccc1)C1CC1. The number of hydrogen-bond acceptors (Lipinski definition) is 3. The lowest BCUT2D eigenvalue weighted by Gasteiger charge is -2.19. The van der Waals surface area contributed by atoms with E-state index in [0.717, 1.165) is 18.4 Å². The first kappa shape index (κ1) is 17.0. The van der Waals surface area contributed by atoms with Gasteiger partial charge < -0.3 is 15.4 Å². The van der Waals surface area contributed by atoms with Crippen molar-refractivity contribution in [3.05, 3.63) is 66.2 Å². The van der Waals surface area contributed by atoms with Gasteiger partial charge in [0.1, 0.15) is 5.75 Å². The van der Waals surface area contributed by atoms with E-state index >= 15 is 0 Å². The van der Waals surface area contributed by atoms with Crippen LogP contribution < -0.4 is 15.4 Å². The number of amides is 2.